The molecule has 96 valence electrons. The summed E-state index contributed by atoms with van der Waals surface area (Å²) in [4.78, 5) is 22.7. The first-order valence-corrected chi connectivity index (χ1v) is 6.81. The molecule has 0 aliphatic heterocycles. The normalized spacial score (nSPS) is 22.1. The molecule has 1 saturated carbocycles. The van der Waals surface area contributed by atoms with Crippen molar-refractivity contribution in [2.24, 2.45) is 11.3 Å². The highest BCUT2D eigenvalue weighted by atomic mass is 79.9. The van der Waals surface area contributed by atoms with E-state index in [1.165, 1.54) is 0 Å². The van der Waals surface area contributed by atoms with E-state index in [1.54, 1.807) is 6.08 Å². The highest BCUT2D eigenvalue weighted by Gasteiger charge is 2.50. The highest BCUT2D eigenvalue weighted by molar-refractivity contribution is 9.09. The number of halogens is 1. The Balaban J connectivity index is 2.53. The van der Waals surface area contributed by atoms with Crippen LogP contribution in [-0.2, 0) is 9.59 Å². The number of rotatable bonds is 6. The van der Waals surface area contributed by atoms with E-state index in [0.29, 0.717) is 6.42 Å². The second-order valence-corrected chi connectivity index (χ2v) is 5.78. The molecule has 1 aliphatic carbocycles. The lowest BCUT2D eigenvalue weighted by Gasteiger charge is -2.07. The largest absolute Gasteiger partial charge is 0.477 e. The van der Waals surface area contributed by atoms with Crippen LogP contribution in [0, 0.1) is 11.3 Å². The van der Waals surface area contributed by atoms with E-state index in [2.05, 4.69) is 21.2 Å². The van der Waals surface area contributed by atoms with Crippen molar-refractivity contribution in [3.63, 3.8) is 0 Å². The van der Waals surface area contributed by atoms with Crippen LogP contribution in [0.5, 0.6) is 0 Å². The SMILES string of the molecule is CC1(C)CC1C(=O)N/C(=C/CCCBr)C(=O)O. The van der Waals surface area contributed by atoms with Crippen molar-refractivity contribution in [3.8, 4) is 0 Å². The molecule has 1 atom stereocenters. The van der Waals surface area contributed by atoms with Crippen LogP contribution in [0.2, 0.25) is 0 Å². The third-order valence-electron chi connectivity index (χ3n) is 3.00. The summed E-state index contributed by atoms with van der Waals surface area (Å²) in [6.07, 6.45) is 3.88. The average Bonchev–Trinajstić information content (AvgIpc) is 2.86. The summed E-state index contributed by atoms with van der Waals surface area (Å²) >= 11 is 3.27. The molecular formula is C12H18BrNO3. The minimum Gasteiger partial charge on any atom is -0.477 e. The summed E-state index contributed by atoms with van der Waals surface area (Å²) in [6.45, 7) is 4.01. The van der Waals surface area contributed by atoms with Gasteiger partial charge in [0.2, 0.25) is 5.91 Å². The van der Waals surface area contributed by atoms with Gasteiger partial charge in [-0.2, -0.15) is 0 Å². The molecule has 0 spiro atoms. The van der Waals surface area contributed by atoms with Crippen LogP contribution in [0.15, 0.2) is 11.8 Å². The van der Waals surface area contributed by atoms with Crippen LogP contribution in [-0.4, -0.2) is 22.3 Å². The van der Waals surface area contributed by atoms with E-state index >= 15 is 0 Å². The van der Waals surface area contributed by atoms with Gasteiger partial charge >= 0.3 is 5.97 Å². The molecule has 0 bridgehead atoms. The first kappa shape index (κ1) is 14.2. The first-order valence-electron chi connectivity index (χ1n) is 5.69. The fourth-order valence-corrected chi connectivity index (χ4v) is 1.97. The lowest BCUT2D eigenvalue weighted by atomic mass is 10.1. The maximum absolute atomic E-state index is 11.7. The van der Waals surface area contributed by atoms with Crippen molar-refractivity contribution in [1.82, 2.24) is 5.32 Å². The Labute approximate surface area is 110 Å². The van der Waals surface area contributed by atoms with E-state index in [-0.39, 0.29) is 22.9 Å². The van der Waals surface area contributed by atoms with Gasteiger partial charge in [-0.3, -0.25) is 4.79 Å². The van der Waals surface area contributed by atoms with Gasteiger partial charge in [-0.1, -0.05) is 35.9 Å². The van der Waals surface area contributed by atoms with Crippen molar-refractivity contribution in [2.75, 3.05) is 5.33 Å². The molecular weight excluding hydrogens is 286 g/mol. The molecule has 0 saturated heterocycles. The number of nitrogens with one attached hydrogen (secondary N) is 1. The zero-order chi connectivity index (χ0) is 13.1. The molecule has 4 nitrogen and oxygen atoms in total. The number of hydrogen-bond donors (Lipinski definition) is 2. The monoisotopic (exact) mass is 303 g/mol. The number of carboxylic acid groups (broad SMARTS) is 1. The second kappa shape index (κ2) is 5.67. The molecule has 1 unspecified atom stereocenters. The minimum atomic E-state index is -1.08. The predicted molar refractivity (Wildman–Crippen MR) is 68.8 cm³/mol. The van der Waals surface area contributed by atoms with E-state index < -0.39 is 5.97 Å². The molecule has 17 heavy (non-hydrogen) atoms. The molecule has 2 N–H and O–H groups in total. The van der Waals surface area contributed by atoms with Gasteiger partial charge < -0.3 is 10.4 Å². The summed E-state index contributed by atoms with van der Waals surface area (Å²) in [5.74, 6) is -1.31. The molecule has 0 heterocycles. The van der Waals surface area contributed by atoms with Crippen molar-refractivity contribution < 1.29 is 14.7 Å². The van der Waals surface area contributed by atoms with Gasteiger partial charge in [-0.25, -0.2) is 4.79 Å². The molecule has 1 fully saturated rings. The molecule has 0 aromatic heterocycles. The Hall–Kier alpha value is -0.840. The summed E-state index contributed by atoms with van der Waals surface area (Å²) in [5.41, 5.74) is 0.0162. The Morgan fingerprint density at radius 1 is 1.53 bits per heavy atom. The Morgan fingerprint density at radius 3 is 2.53 bits per heavy atom. The molecule has 1 aliphatic rings. The molecule has 0 aromatic carbocycles. The van der Waals surface area contributed by atoms with Crippen molar-refractivity contribution >= 4 is 27.8 Å². The maximum Gasteiger partial charge on any atom is 0.352 e. The Kier molecular flexibility index (Phi) is 4.74. The van der Waals surface area contributed by atoms with E-state index in [9.17, 15) is 9.59 Å². The highest BCUT2D eigenvalue weighted by Crippen LogP contribution is 2.51. The third-order valence-corrected chi connectivity index (χ3v) is 3.57. The predicted octanol–water partition coefficient (Wildman–Crippen LogP) is 2.29. The van der Waals surface area contributed by atoms with E-state index in [4.69, 9.17) is 5.11 Å². The average molecular weight is 304 g/mol. The Bertz CT molecular complexity index is 350. The van der Waals surface area contributed by atoms with Gasteiger partial charge in [0, 0.05) is 11.2 Å². The number of amides is 1. The maximum atomic E-state index is 11.7. The fourth-order valence-electron chi connectivity index (χ4n) is 1.65. The molecule has 0 aromatic rings. The lowest BCUT2D eigenvalue weighted by molar-refractivity contribution is -0.135. The van der Waals surface area contributed by atoms with Crippen LogP contribution in [0.1, 0.15) is 33.1 Å². The summed E-state index contributed by atoms with van der Waals surface area (Å²) in [5, 5.41) is 12.3. The minimum absolute atomic E-state index is 0.00125. The van der Waals surface area contributed by atoms with Gasteiger partial charge in [0.25, 0.3) is 0 Å². The van der Waals surface area contributed by atoms with Gasteiger partial charge in [0.05, 0.1) is 0 Å². The molecule has 1 rings (SSSR count). The fraction of sp³-hybridized carbons (Fsp3) is 0.667. The second-order valence-electron chi connectivity index (χ2n) is 4.99. The van der Waals surface area contributed by atoms with Crippen LogP contribution >= 0.6 is 15.9 Å². The zero-order valence-electron chi connectivity index (χ0n) is 10.1. The molecule has 1 amide bonds. The zero-order valence-corrected chi connectivity index (χ0v) is 11.7. The quantitative estimate of drug-likeness (QED) is 0.449. The summed E-state index contributed by atoms with van der Waals surface area (Å²) in [6, 6.07) is 0. The lowest BCUT2D eigenvalue weighted by Crippen LogP contribution is -2.29. The van der Waals surface area contributed by atoms with Gasteiger partial charge in [0.15, 0.2) is 0 Å². The van der Waals surface area contributed by atoms with Crippen LogP contribution in [0.3, 0.4) is 0 Å². The van der Waals surface area contributed by atoms with Gasteiger partial charge in [0.1, 0.15) is 5.70 Å². The van der Waals surface area contributed by atoms with E-state index in [1.807, 2.05) is 13.8 Å². The van der Waals surface area contributed by atoms with E-state index in [0.717, 1.165) is 18.2 Å². The van der Waals surface area contributed by atoms with Gasteiger partial charge in [-0.15, -0.1) is 0 Å². The number of allylic oxidation sites excluding steroid dienone is 1. The van der Waals surface area contributed by atoms with Crippen molar-refractivity contribution in [1.29, 1.82) is 0 Å². The van der Waals surface area contributed by atoms with Crippen LogP contribution in [0.25, 0.3) is 0 Å². The number of unbranched alkanes of at least 4 members (excludes halogenated alkanes) is 1. The smallest absolute Gasteiger partial charge is 0.352 e. The number of carbonyl (C=O) groups is 2. The summed E-state index contributed by atoms with van der Waals surface area (Å²) in [7, 11) is 0. The van der Waals surface area contributed by atoms with Crippen LogP contribution in [0.4, 0.5) is 0 Å². The van der Waals surface area contributed by atoms with Crippen molar-refractivity contribution in [2.45, 2.75) is 33.1 Å². The number of carbonyl (C=O) groups excluding carboxylic acids is 1. The topological polar surface area (TPSA) is 66.4 Å². The number of carboxylic acids is 1. The number of aliphatic carboxylic acids is 1. The molecule has 5 heteroatoms. The third kappa shape index (κ3) is 4.15. The number of hydrogen-bond acceptors (Lipinski definition) is 2. The Morgan fingerprint density at radius 2 is 2.12 bits per heavy atom. The van der Waals surface area contributed by atoms with Crippen LogP contribution < -0.4 is 5.32 Å². The van der Waals surface area contributed by atoms with Gasteiger partial charge in [-0.05, 0) is 24.7 Å². The molecule has 0 radical (unpaired) electrons. The first-order chi connectivity index (χ1) is 7.88. The standard InChI is InChI=1S/C12H18BrNO3/c1-12(2)7-8(12)10(15)14-9(11(16)17)5-3-4-6-13/h5,8H,3-4,6-7H2,1-2H3,(H,14,15)(H,16,17)/b9-5+. The van der Waals surface area contributed by atoms with Crippen molar-refractivity contribution in [3.05, 3.63) is 11.8 Å². The summed E-state index contributed by atoms with van der Waals surface area (Å²) < 4.78 is 0. The number of alkyl halides is 1.